The van der Waals surface area contributed by atoms with Gasteiger partial charge < -0.3 is 4.74 Å². The molecule has 0 aliphatic carbocycles. The molecular formula is C26H48O2. The van der Waals surface area contributed by atoms with E-state index in [4.69, 9.17) is 4.74 Å². The second-order valence-electron chi connectivity index (χ2n) is 4.20. The van der Waals surface area contributed by atoms with Crippen molar-refractivity contribution in [2.45, 2.75) is 81.1 Å². The predicted molar refractivity (Wildman–Crippen MR) is 131 cm³/mol. The molecule has 1 rings (SSSR count). The minimum absolute atomic E-state index is 0.167. The van der Waals surface area contributed by atoms with Gasteiger partial charge in [0.25, 0.3) is 0 Å². The molecule has 0 bridgehead atoms. The molecule has 0 heterocycles. The van der Waals surface area contributed by atoms with Crippen LogP contribution in [0.1, 0.15) is 86.6 Å². The first kappa shape index (κ1) is 36.8. The number of rotatable bonds is 6. The van der Waals surface area contributed by atoms with Crippen LogP contribution >= 0.6 is 0 Å². The van der Waals surface area contributed by atoms with Gasteiger partial charge in [0.15, 0.2) is 0 Å². The summed E-state index contributed by atoms with van der Waals surface area (Å²) in [7, 11) is 1.42. The van der Waals surface area contributed by atoms with Crippen LogP contribution < -0.4 is 0 Å². The standard InChI is InChI=1S/C15H18O2.C3H6.4C2H6/c1-3-4-6-11-14(12-15(16)17-2)13-9-7-5-8-10-13;1-3-2;4*1-2/h3-10,14H,1,11-12H2,2H3;3H,1H2,2H3;4*1-2H3/b6-4-;;;;;. The van der Waals surface area contributed by atoms with Crippen LogP contribution in [0, 0.1) is 0 Å². The van der Waals surface area contributed by atoms with E-state index in [2.05, 4.69) is 13.2 Å². The first-order chi connectivity index (χ1) is 13.7. The van der Waals surface area contributed by atoms with Crippen LogP contribution in [-0.4, -0.2) is 13.1 Å². The molecule has 2 nitrogen and oxygen atoms in total. The third-order valence-corrected chi connectivity index (χ3v) is 2.60. The summed E-state index contributed by atoms with van der Waals surface area (Å²) in [6.07, 6.45) is 8.62. The number of ether oxygens (including phenoxy) is 1. The van der Waals surface area contributed by atoms with Gasteiger partial charge in [0.2, 0.25) is 0 Å². The fraction of sp³-hybridized carbons (Fsp3) is 0.500. The van der Waals surface area contributed by atoms with Crippen LogP contribution in [0.2, 0.25) is 0 Å². The molecule has 164 valence electrons. The van der Waals surface area contributed by atoms with Gasteiger partial charge in [0.1, 0.15) is 0 Å². The van der Waals surface area contributed by atoms with E-state index >= 15 is 0 Å². The fourth-order valence-electron chi connectivity index (χ4n) is 1.69. The summed E-state index contributed by atoms with van der Waals surface area (Å²) in [5, 5.41) is 0. The highest BCUT2D eigenvalue weighted by atomic mass is 16.5. The molecule has 1 aromatic rings. The average molecular weight is 393 g/mol. The highest BCUT2D eigenvalue weighted by Gasteiger charge is 2.14. The number of carbonyl (C=O) groups is 1. The van der Waals surface area contributed by atoms with E-state index in [1.807, 2.05) is 105 Å². The molecule has 0 saturated heterocycles. The number of hydrogen-bond acceptors (Lipinski definition) is 2. The lowest BCUT2D eigenvalue weighted by molar-refractivity contribution is -0.141. The molecule has 0 N–H and O–H groups in total. The molecule has 0 aliphatic heterocycles. The van der Waals surface area contributed by atoms with Gasteiger partial charge in [-0.2, -0.15) is 0 Å². The van der Waals surface area contributed by atoms with Gasteiger partial charge in [-0.1, -0.05) is 117 Å². The SMILES string of the molecule is C=C/C=C\CC(CC(=O)OC)c1ccccc1.C=CC.CC.CC.CC.CC. The minimum Gasteiger partial charge on any atom is -0.469 e. The third kappa shape index (κ3) is 28.7. The summed E-state index contributed by atoms with van der Waals surface area (Å²) in [6, 6.07) is 10.0. The van der Waals surface area contributed by atoms with Crippen molar-refractivity contribution in [3.63, 3.8) is 0 Å². The van der Waals surface area contributed by atoms with Crippen LogP contribution in [0.15, 0.2) is 67.8 Å². The summed E-state index contributed by atoms with van der Waals surface area (Å²) in [5.74, 6) is -0.00861. The van der Waals surface area contributed by atoms with Crippen molar-refractivity contribution in [2.75, 3.05) is 7.11 Å². The molecule has 1 unspecified atom stereocenters. The quantitative estimate of drug-likeness (QED) is 0.275. The third-order valence-electron chi connectivity index (χ3n) is 2.60. The monoisotopic (exact) mass is 392 g/mol. The van der Waals surface area contributed by atoms with E-state index in [9.17, 15) is 4.79 Å². The van der Waals surface area contributed by atoms with E-state index in [1.165, 1.54) is 7.11 Å². The lowest BCUT2D eigenvalue weighted by atomic mass is 9.92. The summed E-state index contributed by atoms with van der Waals surface area (Å²) >= 11 is 0. The molecule has 0 fully saturated rings. The molecule has 1 aromatic carbocycles. The summed E-state index contributed by atoms with van der Waals surface area (Å²) in [5.41, 5.74) is 1.16. The number of benzene rings is 1. The van der Waals surface area contributed by atoms with Gasteiger partial charge >= 0.3 is 5.97 Å². The van der Waals surface area contributed by atoms with E-state index in [1.54, 1.807) is 12.2 Å². The maximum atomic E-state index is 11.4. The van der Waals surface area contributed by atoms with Crippen LogP contribution in [0.25, 0.3) is 0 Å². The van der Waals surface area contributed by atoms with Crippen molar-refractivity contribution in [1.29, 1.82) is 0 Å². The van der Waals surface area contributed by atoms with Crippen LogP contribution in [0.3, 0.4) is 0 Å². The summed E-state index contributed by atoms with van der Waals surface area (Å²) < 4.78 is 4.73. The first-order valence-corrected chi connectivity index (χ1v) is 10.7. The lowest BCUT2D eigenvalue weighted by Gasteiger charge is -2.14. The lowest BCUT2D eigenvalue weighted by Crippen LogP contribution is -2.08. The van der Waals surface area contributed by atoms with E-state index in [-0.39, 0.29) is 11.9 Å². The zero-order valence-corrected chi connectivity index (χ0v) is 20.4. The van der Waals surface area contributed by atoms with Gasteiger partial charge in [-0.25, -0.2) is 0 Å². The smallest absolute Gasteiger partial charge is 0.306 e. The predicted octanol–water partition coefficient (Wildman–Crippen LogP) is 8.76. The van der Waals surface area contributed by atoms with Crippen LogP contribution in [0.5, 0.6) is 0 Å². The largest absolute Gasteiger partial charge is 0.469 e. The Hall–Kier alpha value is -2.09. The first-order valence-electron chi connectivity index (χ1n) is 10.7. The average Bonchev–Trinajstić information content (AvgIpc) is 2.79. The molecule has 0 spiro atoms. The Morgan fingerprint density at radius 3 is 1.75 bits per heavy atom. The molecule has 28 heavy (non-hydrogen) atoms. The molecule has 2 heteroatoms. The zero-order valence-electron chi connectivity index (χ0n) is 20.4. The zero-order chi connectivity index (χ0) is 23.2. The molecule has 1 atom stereocenters. The van der Waals surface area contributed by atoms with Gasteiger partial charge in [0.05, 0.1) is 13.5 Å². The Balaban J connectivity index is -0.000000136. The highest BCUT2D eigenvalue weighted by molar-refractivity contribution is 5.70. The Bertz CT molecular complexity index is 419. The molecule has 0 aliphatic rings. The fourth-order valence-corrected chi connectivity index (χ4v) is 1.69. The Morgan fingerprint density at radius 2 is 1.39 bits per heavy atom. The van der Waals surface area contributed by atoms with E-state index in [0.717, 1.165) is 12.0 Å². The maximum absolute atomic E-state index is 11.4. The normalized spacial score (nSPS) is 8.79. The van der Waals surface area contributed by atoms with Gasteiger partial charge in [0, 0.05) is 0 Å². The number of hydrogen-bond donors (Lipinski definition) is 0. The van der Waals surface area contributed by atoms with Gasteiger partial charge in [-0.3, -0.25) is 4.79 Å². The Morgan fingerprint density at radius 1 is 0.964 bits per heavy atom. The molecule has 0 amide bonds. The number of methoxy groups -OCH3 is 1. The number of allylic oxidation sites excluding steroid dienone is 4. The van der Waals surface area contributed by atoms with Gasteiger partial charge in [-0.05, 0) is 24.8 Å². The second-order valence-corrected chi connectivity index (χ2v) is 4.20. The van der Waals surface area contributed by atoms with Crippen molar-refractivity contribution in [1.82, 2.24) is 0 Å². The Labute approximate surface area is 177 Å². The summed E-state index contributed by atoms with van der Waals surface area (Å²) in [6.45, 7) is 24.9. The molecule has 0 saturated carbocycles. The number of carbonyl (C=O) groups excluding carboxylic acids is 1. The van der Waals surface area contributed by atoms with Crippen LogP contribution in [-0.2, 0) is 9.53 Å². The summed E-state index contributed by atoms with van der Waals surface area (Å²) in [4.78, 5) is 11.4. The van der Waals surface area contributed by atoms with E-state index in [0.29, 0.717) is 6.42 Å². The Kier molecular flexibility index (Phi) is 52.3. The van der Waals surface area contributed by atoms with Crippen LogP contribution in [0.4, 0.5) is 0 Å². The molecular weight excluding hydrogens is 344 g/mol. The van der Waals surface area contributed by atoms with Crippen molar-refractivity contribution in [2.24, 2.45) is 0 Å². The molecule has 0 aromatic heterocycles. The maximum Gasteiger partial charge on any atom is 0.306 e. The second kappa shape index (κ2) is 39.8. The molecule has 0 radical (unpaired) electrons. The van der Waals surface area contributed by atoms with Crippen molar-refractivity contribution >= 4 is 5.97 Å². The van der Waals surface area contributed by atoms with Gasteiger partial charge in [-0.15, -0.1) is 6.58 Å². The van der Waals surface area contributed by atoms with Crippen molar-refractivity contribution in [3.05, 3.63) is 73.4 Å². The van der Waals surface area contributed by atoms with E-state index < -0.39 is 0 Å². The number of esters is 1. The minimum atomic E-state index is -0.175. The van der Waals surface area contributed by atoms with Crippen molar-refractivity contribution < 1.29 is 9.53 Å². The van der Waals surface area contributed by atoms with Crippen molar-refractivity contribution in [3.8, 4) is 0 Å². The highest BCUT2D eigenvalue weighted by Crippen LogP contribution is 2.24. The topological polar surface area (TPSA) is 26.3 Å².